The number of benzene rings is 1. The Labute approximate surface area is 188 Å². The first-order chi connectivity index (χ1) is 14.1. The van der Waals surface area contributed by atoms with Crippen molar-refractivity contribution in [1.82, 2.24) is 15.6 Å². The van der Waals surface area contributed by atoms with Gasteiger partial charge in [-0.1, -0.05) is 11.8 Å². The van der Waals surface area contributed by atoms with Crippen LogP contribution in [-0.2, 0) is 14.5 Å². The first kappa shape index (κ1) is 24.4. The van der Waals surface area contributed by atoms with Crippen LogP contribution in [0.3, 0.4) is 0 Å². The van der Waals surface area contributed by atoms with Gasteiger partial charge < -0.3 is 10.6 Å². The van der Waals surface area contributed by atoms with Crippen LogP contribution in [-0.4, -0.2) is 50.6 Å². The third-order valence-electron chi connectivity index (χ3n) is 3.33. The number of rotatable bonds is 9. The Bertz CT molecular complexity index is 1030. The molecule has 15 heteroatoms. The Hall–Kier alpha value is -1.88. The van der Waals surface area contributed by atoms with Crippen LogP contribution in [0.4, 0.5) is 18.9 Å². The van der Waals surface area contributed by atoms with Crippen LogP contribution in [0.5, 0.6) is 0 Å². The number of amides is 1. The molecule has 1 unspecified atom stereocenters. The third kappa shape index (κ3) is 7.42. The summed E-state index contributed by atoms with van der Waals surface area (Å²) in [7, 11) is -2.92. The Morgan fingerprint density at radius 2 is 2.17 bits per heavy atom. The number of halogens is 4. The quantitative estimate of drug-likeness (QED) is 0.137. The maximum atomic E-state index is 13.5. The van der Waals surface area contributed by atoms with Gasteiger partial charge in [-0.15, -0.1) is 0 Å². The van der Waals surface area contributed by atoms with Gasteiger partial charge in [0.2, 0.25) is 5.91 Å². The summed E-state index contributed by atoms with van der Waals surface area (Å²) < 4.78 is 66.5. The third-order valence-corrected chi connectivity index (χ3v) is 5.58. The van der Waals surface area contributed by atoms with Gasteiger partial charge in [-0.05, 0) is 28.5 Å². The molecule has 1 amide bonds. The number of anilines is 1. The number of aromatic nitrogens is 2. The van der Waals surface area contributed by atoms with Gasteiger partial charge >= 0.3 is 0 Å². The molecule has 0 radical (unpaired) electrons. The normalized spacial score (nSPS) is 13.9. The summed E-state index contributed by atoms with van der Waals surface area (Å²) in [6, 6.07) is 3.16. The fourth-order valence-corrected chi connectivity index (χ4v) is 3.81. The number of alkyl halides is 2. The summed E-state index contributed by atoms with van der Waals surface area (Å²) in [6.45, 7) is 0.213. The van der Waals surface area contributed by atoms with Crippen molar-refractivity contribution in [3.63, 3.8) is 0 Å². The van der Waals surface area contributed by atoms with E-state index in [0.29, 0.717) is 10.8 Å². The van der Waals surface area contributed by atoms with Gasteiger partial charge in [-0.3, -0.25) is 9.57 Å². The maximum absolute atomic E-state index is 13.5. The predicted molar refractivity (Wildman–Crippen MR) is 115 cm³/mol. The van der Waals surface area contributed by atoms with Gasteiger partial charge in [-0.25, -0.2) is 22.0 Å². The Kier molecular flexibility index (Phi) is 8.90. The minimum absolute atomic E-state index is 0.148. The largest absolute Gasteiger partial charge is 0.354 e. The van der Waals surface area contributed by atoms with Crippen molar-refractivity contribution in [3.05, 3.63) is 35.3 Å². The molecular formula is C15H16F3IN6O3S2. The van der Waals surface area contributed by atoms with Crippen LogP contribution in [0, 0.1) is 10.6 Å². The van der Waals surface area contributed by atoms with Crippen LogP contribution in [0.2, 0.25) is 0 Å². The van der Waals surface area contributed by atoms with Crippen molar-refractivity contribution < 1.29 is 26.8 Å². The number of carbonyl (C=O) groups is 1. The standard InChI is InChI=1S/C15H16F3IN6O3S2/c1-30(20,27)7-11(26)21-4-5-29-15-12(24-28-25-15)14(23-19)22-8-2-3-10(16)9(6-8)13(17)18/h2-3,6,13,20H,4-5,7H2,1H3,(H,21,26)(H,22,23). The lowest BCUT2D eigenvalue weighted by Crippen LogP contribution is -2.31. The van der Waals surface area contributed by atoms with Crippen LogP contribution in [0.25, 0.3) is 0 Å². The van der Waals surface area contributed by atoms with Crippen molar-refractivity contribution in [2.45, 2.75) is 11.5 Å². The summed E-state index contributed by atoms with van der Waals surface area (Å²) in [5.74, 6) is -1.40. The minimum atomic E-state index is -2.97. The molecule has 30 heavy (non-hydrogen) atoms. The molecular weight excluding hydrogens is 560 g/mol. The minimum Gasteiger partial charge on any atom is -0.354 e. The van der Waals surface area contributed by atoms with Crippen molar-refractivity contribution in [2.75, 3.05) is 29.6 Å². The molecule has 0 aliphatic rings. The molecule has 0 saturated heterocycles. The van der Waals surface area contributed by atoms with Gasteiger partial charge in [0.15, 0.2) is 16.6 Å². The smallest absolute Gasteiger partial charge is 0.266 e. The Morgan fingerprint density at radius 3 is 2.80 bits per heavy atom. The molecule has 0 fully saturated rings. The highest BCUT2D eigenvalue weighted by atomic mass is 127. The van der Waals surface area contributed by atoms with Gasteiger partial charge in [-0.2, -0.15) is 3.21 Å². The summed E-state index contributed by atoms with van der Waals surface area (Å²) in [5.41, 5.74) is -0.376. The van der Waals surface area contributed by atoms with Crippen molar-refractivity contribution >= 4 is 61.8 Å². The highest BCUT2D eigenvalue weighted by Crippen LogP contribution is 2.26. The molecule has 0 bridgehead atoms. The molecule has 2 rings (SSSR count). The lowest BCUT2D eigenvalue weighted by Gasteiger charge is -2.10. The predicted octanol–water partition coefficient (Wildman–Crippen LogP) is 3.24. The second kappa shape index (κ2) is 10.9. The van der Waals surface area contributed by atoms with Gasteiger partial charge in [0, 0.05) is 24.2 Å². The highest BCUT2D eigenvalue weighted by Gasteiger charge is 2.19. The van der Waals surface area contributed by atoms with Gasteiger partial charge in [0.05, 0.1) is 38.2 Å². The molecule has 1 aromatic carbocycles. The van der Waals surface area contributed by atoms with E-state index >= 15 is 0 Å². The maximum Gasteiger partial charge on any atom is 0.266 e. The average molecular weight is 576 g/mol. The van der Waals surface area contributed by atoms with E-state index in [4.69, 9.17) is 9.41 Å². The zero-order chi connectivity index (χ0) is 22.3. The molecule has 0 saturated carbocycles. The molecule has 0 aliphatic heterocycles. The van der Waals surface area contributed by atoms with E-state index in [0.717, 1.165) is 12.1 Å². The second-order valence-corrected chi connectivity index (χ2v) is 9.73. The van der Waals surface area contributed by atoms with Crippen LogP contribution in [0.15, 0.2) is 31.1 Å². The van der Waals surface area contributed by atoms with Gasteiger partial charge in [0.25, 0.3) is 6.43 Å². The van der Waals surface area contributed by atoms with Crippen LogP contribution < -0.4 is 10.6 Å². The van der Waals surface area contributed by atoms with E-state index in [9.17, 15) is 22.2 Å². The van der Waals surface area contributed by atoms with E-state index in [-0.39, 0.29) is 29.5 Å². The van der Waals surface area contributed by atoms with Crippen molar-refractivity contribution in [3.8, 4) is 0 Å². The second-order valence-electron chi connectivity index (χ2n) is 5.86. The molecule has 3 N–H and O–H groups in total. The molecule has 2 aromatic rings. The SMILES string of the molecule is CS(=N)(=O)CC(=O)NCCSc1nonc1/C(=N/I)Nc1ccc(F)c(C(F)F)c1. The molecule has 1 aromatic heterocycles. The molecule has 1 atom stereocenters. The first-order valence-corrected chi connectivity index (χ1v) is 12.2. The lowest BCUT2D eigenvalue weighted by atomic mass is 10.2. The molecule has 0 aliphatic carbocycles. The monoisotopic (exact) mass is 576 g/mol. The number of nitrogens with zero attached hydrogens (tertiary/aromatic N) is 3. The molecule has 0 spiro atoms. The summed E-state index contributed by atoms with van der Waals surface area (Å²) in [5, 5.41) is 13.1. The number of hydrogen-bond acceptors (Lipinski definition) is 8. The first-order valence-electron chi connectivity index (χ1n) is 8.08. The summed E-state index contributed by atoms with van der Waals surface area (Å²) in [6.07, 6.45) is -1.80. The molecule has 1 heterocycles. The zero-order valence-corrected chi connectivity index (χ0v) is 19.1. The Morgan fingerprint density at radius 1 is 1.43 bits per heavy atom. The summed E-state index contributed by atoms with van der Waals surface area (Å²) >= 11 is 2.85. The summed E-state index contributed by atoms with van der Waals surface area (Å²) in [4.78, 5) is 11.6. The van der Waals surface area contributed by atoms with Crippen molar-refractivity contribution in [1.29, 1.82) is 4.78 Å². The number of hydrogen-bond donors (Lipinski definition) is 3. The number of nitrogens with one attached hydrogen (secondary N) is 3. The number of carbonyl (C=O) groups excluding carboxylic acids is 1. The zero-order valence-electron chi connectivity index (χ0n) is 15.3. The van der Waals surface area contributed by atoms with E-state index < -0.39 is 33.4 Å². The fourth-order valence-electron chi connectivity index (χ4n) is 2.10. The lowest BCUT2D eigenvalue weighted by molar-refractivity contribution is -0.118. The fraction of sp³-hybridized carbons (Fsp3) is 0.333. The Balaban J connectivity index is 2.00. The molecule has 9 nitrogen and oxygen atoms in total. The topological polar surface area (TPSA) is 133 Å². The average Bonchev–Trinajstić information content (AvgIpc) is 3.11. The van der Waals surface area contributed by atoms with Crippen molar-refractivity contribution in [2.24, 2.45) is 3.21 Å². The highest BCUT2D eigenvalue weighted by molar-refractivity contribution is 14.1. The number of thioether (sulfide) groups is 1. The van der Waals surface area contributed by atoms with Gasteiger partial charge in [0.1, 0.15) is 11.6 Å². The van der Waals surface area contributed by atoms with E-state index in [1.807, 2.05) is 0 Å². The van der Waals surface area contributed by atoms with Crippen LogP contribution >= 0.6 is 34.6 Å². The number of amidine groups is 1. The van der Waals surface area contributed by atoms with E-state index in [1.165, 1.54) is 24.1 Å². The van der Waals surface area contributed by atoms with E-state index in [2.05, 4.69) is 24.2 Å². The molecule has 164 valence electrons. The van der Waals surface area contributed by atoms with E-state index in [1.54, 1.807) is 22.9 Å². The van der Waals surface area contributed by atoms with Crippen LogP contribution in [0.1, 0.15) is 17.7 Å².